The molecule has 2 aromatic rings. The van der Waals surface area contributed by atoms with Crippen LogP contribution in [0, 0.1) is 5.82 Å². The van der Waals surface area contributed by atoms with E-state index in [9.17, 15) is 14.3 Å². The third kappa shape index (κ3) is 4.20. The lowest BCUT2D eigenvalue weighted by atomic mass is 9.96. The zero-order valence-electron chi connectivity index (χ0n) is 14.2. The van der Waals surface area contributed by atoms with Crippen LogP contribution >= 0.6 is 0 Å². The number of carbonyl (C=O) groups excluding carboxylic acids is 1. The van der Waals surface area contributed by atoms with E-state index < -0.39 is 5.60 Å². The van der Waals surface area contributed by atoms with Gasteiger partial charge in [-0.2, -0.15) is 0 Å². The first kappa shape index (κ1) is 17.5. The van der Waals surface area contributed by atoms with E-state index in [1.165, 1.54) is 37.1 Å². The summed E-state index contributed by atoms with van der Waals surface area (Å²) in [6, 6.07) is 7.14. The molecule has 25 heavy (non-hydrogen) atoms. The summed E-state index contributed by atoms with van der Waals surface area (Å²) < 4.78 is 13.0. The molecule has 1 atom stereocenters. The average molecular weight is 343 g/mol. The third-order valence-electron chi connectivity index (χ3n) is 4.69. The van der Waals surface area contributed by atoms with Crippen LogP contribution in [0.3, 0.4) is 0 Å². The van der Waals surface area contributed by atoms with Crippen LogP contribution in [-0.2, 0) is 5.60 Å². The molecule has 0 bridgehead atoms. The van der Waals surface area contributed by atoms with Crippen LogP contribution in [-0.4, -0.2) is 27.5 Å². The fourth-order valence-electron chi connectivity index (χ4n) is 3.13. The summed E-state index contributed by atoms with van der Waals surface area (Å²) in [6.45, 7) is 1.57. The van der Waals surface area contributed by atoms with Gasteiger partial charge in [0.2, 0.25) is 0 Å². The monoisotopic (exact) mass is 343 g/mol. The normalized spacial score (nSPS) is 17.2. The van der Waals surface area contributed by atoms with Crippen LogP contribution in [0.4, 0.5) is 4.39 Å². The molecule has 0 spiro atoms. The Morgan fingerprint density at radius 3 is 2.64 bits per heavy atom. The lowest BCUT2D eigenvalue weighted by molar-refractivity contribution is 0.0524. The molecule has 1 aliphatic carbocycles. The smallest absolute Gasteiger partial charge is 0.270 e. The summed E-state index contributed by atoms with van der Waals surface area (Å²) in [4.78, 5) is 21.0. The van der Waals surface area contributed by atoms with Crippen LogP contribution < -0.4 is 5.32 Å². The number of rotatable bonds is 5. The van der Waals surface area contributed by atoms with Crippen molar-refractivity contribution >= 4 is 5.91 Å². The predicted octanol–water partition coefficient (Wildman–Crippen LogP) is 2.91. The first-order valence-corrected chi connectivity index (χ1v) is 8.55. The quantitative estimate of drug-likeness (QED) is 0.875. The molecule has 0 saturated heterocycles. The van der Waals surface area contributed by atoms with Crippen LogP contribution in [0.15, 0.2) is 36.5 Å². The minimum Gasteiger partial charge on any atom is -0.384 e. The topological polar surface area (TPSA) is 75.1 Å². The molecule has 1 fully saturated rings. The van der Waals surface area contributed by atoms with Gasteiger partial charge in [-0.1, -0.05) is 25.0 Å². The maximum absolute atomic E-state index is 13.0. The highest BCUT2D eigenvalue weighted by Crippen LogP contribution is 2.31. The Morgan fingerprint density at radius 2 is 1.96 bits per heavy atom. The first-order chi connectivity index (χ1) is 12.0. The minimum absolute atomic E-state index is 0.000229. The highest BCUT2D eigenvalue weighted by Gasteiger charge is 2.25. The summed E-state index contributed by atoms with van der Waals surface area (Å²) in [7, 11) is 0. The number of halogens is 1. The Balaban J connectivity index is 1.65. The van der Waals surface area contributed by atoms with E-state index in [4.69, 9.17) is 0 Å². The zero-order valence-corrected chi connectivity index (χ0v) is 14.2. The van der Waals surface area contributed by atoms with E-state index in [0.717, 1.165) is 18.7 Å². The molecule has 1 aromatic heterocycles. The summed E-state index contributed by atoms with van der Waals surface area (Å²) in [5, 5.41) is 13.2. The molecule has 5 nitrogen and oxygen atoms in total. The molecule has 2 N–H and O–H groups in total. The molecule has 6 heteroatoms. The predicted molar refractivity (Wildman–Crippen MR) is 91.5 cm³/mol. The van der Waals surface area contributed by atoms with Crippen molar-refractivity contribution in [3.8, 4) is 0 Å². The molecule has 132 valence electrons. The van der Waals surface area contributed by atoms with Gasteiger partial charge >= 0.3 is 0 Å². The maximum atomic E-state index is 13.0. The third-order valence-corrected chi connectivity index (χ3v) is 4.69. The van der Waals surface area contributed by atoms with Gasteiger partial charge in [-0.3, -0.25) is 4.79 Å². The van der Waals surface area contributed by atoms with E-state index in [2.05, 4.69) is 15.3 Å². The SMILES string of the molecule is CC(O)(CNC(=O)c1ccnc(C2CCCC2)n1)c1ccc(F)cc1. The lowest BCUT2D eigenvalue weighted by Crippen LogP contribution is -2.39. The van der Waals surface area contributed by atoms with Gasteiger partial charge in [0.05, 0.1) is 6.54 Å². The van der Waals surface area contributed by atoms with Crippen molar-refractivity contribution < 1.29 is 14.3 Å². The van der Waals surface area contributed by atoms with Gasteiger partial charge in [0.15, 0.2) is 0 Å². The van der Waals surface area contributed by atoms with Gasteiger partial charge in [-0.05, 0) is 43.5 Å². The highest BCUT2D eigenvalue weighted by atomic mass is 19.1. The maximum Gasteiger partial charge on any atom is 0.270 e. The minimum atomic E-state index is -1.30. The fraction of sp³-hybridized carbons (Fsp3) is 0.421. The number of aromatic nitrogens is 2. The van der Waals surface area contributed by atoms with Gasteiger partial charge in [-0.15, -0.1) is 0 Å². The number of nitrogens with one attached hydrogen (secondary N) is 1. The van der Waals surface area contributed by atoms with Gasteiger partial charge in [-0.25, -0.2) is 14.4 Å². The molecule has 1 unspecified atom stereocenters. The molecule has 0 radical (unpaired) electrons. The lowest BCUT2D eigenvalue weighted by Gasteiger charge is -2.24. The van der Waals surface area contributed by atoms with E-state index in [-0.39, 0.29) is 18.3 Å². The van der Waals surface area contributed by atoms with Crippen molar-refractivity contribution in [2.75, 3.05) is 6.54 Å². The number of amides is 1. The molecule has 0 aliphatic heterocycles. The molecule has 1 aromatic carbocycles. The van der Waals surface area contributed by atoms with Gasteiger partial charge in [0, 0.05) is 12.1 Å². The van der Waals surface area contributed by atoms with Crippen molar-refractivity contribution in [1.29, 1.82) is 0 Å². The van der Waals surface area contributed by atoms with E-state index in [1.807, 2.05) is 0 Å². The molecular weight excluding hydrogens is 321 g/mol. The van der Waals surface area contributed by atoms with Crippen molar-refractivity contribution in [1.82, 2.24) is 15.3 Å². The van der Waals surface area contributed by atoms with E-state index in [1.54, 1.807) is 19.2 Å². The van der Waals surface area contributed by atoms with Crippen LogP contribution in [0.2, 0.25) is 0 Å². The Hall–Kier alpha value is -2.34. The molecular formula is C19H22FN3O2. The van der Waals surface area contributed by atoms with Crippen molar-refractivity contribution in [3.63, 3.8) is 0 Å². The van der Waals surface area contributed by atoms with Crippen LogP contribution in [0.25, 0.3) is 0 Å². The molecule has 1 saturated carbocycles. The number of hydrogen-bond donors (Lipinski definition) is 2. The van der Waals surface area contributed by atoms with E-state index in [0.29, 0.717) is 17.2 Å². The van der Waals surface area contributed by atoms with Gasteiger partial charge in [0.25, 0.3) is 5.91 Å². The second kappa shape index (κ2) is 7.27. The molecule has 3 rings (SSSR count). The first-order valence-electron chi connectivity index (χ1n) is 8.55. The summed E-state index contributed by atoms with van der Waals surface area (Å²) >= 11 is 0. The Morgan fingerprint density at radius 1 is 1.28 bits per heavy atom. The summed E-state index contributed by atoms with van der Waals surface area (Å²) in [6.07, 6.45) is 6.07. The van der Waals surface area contributed by atoms with Crippen molar-refractivity contribution in [2.45, 2.75) is 44.1 Å². The second-order valence-corrected chi connectivity index (χ2v) is 6.74. The number of nitrogens with zero attached hydrogens (tertiary/aromatic N) is 2. The number of aliphatic hydroxyl groups is 1. The van der Waals surface area contributed by atoms with Gasteiger partial charge in [0.1, 0.15) is 22.9 Å². The van der Waals surface area contributed by atoms with Crippen LogP contribution in [0.1, 0.15) is 60.4 Å². The number of carbonyl (C=O) groups is 1. The van der Waals surface area contributed by atoms with E-state index >= 15 is 0 Å². The fourth-order valence-corrected chi connectivity index (χ4v) is 3.13. The average Bonchev–Trinajstić information content (AvgIpc) is 3.15. The number of hydrogen-bond acceptors (Lipinski definition) is 4. The Kier molecular flexibility index (Phi) is 5.08. The summed E-state index contributed by atoms with van der Waals surface area (Å²) in [5.74, 6) is 0.318. The largest absolute Gasteiger partial charge is 0.384 e. The summed E-state index contributed by atoms with van der Waals surface area (Å²) in [5.41, 5.74) is -0.472. The van der Waals surface area contributed by atoms with Crippen molar-refractivity contribution in [2.24, 2.45) is 0 Å². The zero-order chi connectivity index (χ0) is 17.9. The van der Waals surface area contributed by atoms with Crippen molar-refractivity contribution in [3.05, 3.63) is 59.4 Å². The Bertz CT molecular complexity index is 741. The Labute approximate surface area is 146 Å². The number of benzene rings is 1. The second-order valence-electron chi connectivity index (χ2n) is 6.74. The molecule has 1 amide bonds. The highest BCUT2D eigenvalue weighted by molar-refractivity contribution is 5.92. The molecule has 1 heterocycles. The standard InChI is InChI=1S/C19H22FN3O2/c1-19(25,14-6-8-15(20)9-7-14)12-22-18(24)16-10-11-21-17(23-16)13-4-2-3-5-13/h6-11,13,25H,2-5,12H2,1H3,(H,22,24). The van der Waals surface area contributed by atoms with Crippen LogP contribution in [0.5, 0.6) is 0 Å². The van der Waals surface area contributed by atoms with Gasteiger partial charge < -0.3 is 10.4 Å². The molecule has 1 aliphatic rings.